The number of nitrogens with one attached hydrogen (secondary N) is 3. The van der Waals surface area contributed by atoms with Crippen LogP contribution in [0.3, 0.4) is 0 Å². The van der Waals surface area contributed by atoms with Gasteiger partial charge in [0.2, 0.25) is 0 Å². The summed E-state index contributed by atoms with van der Waals surface area (Å²) in [6.45, 7) is 8.01. The van der Waals surface area contributed by atoms with E-state index in [1.54, 1.807) is 0 Å². The van der Waals surface area contributed by atoms with Crippen molar-refractivity contribution in [1.82, 2.24) is 30.3 Å². The van der Waals surface area contributed by atoms with Crippen molar-refractivity contribution in [3.8, 4) is 0 Å². The van der Waals surface area contributed by atoms with Gasteiger partial charge in [-0.3, -0.25) is 5.32 Å². The Morgan fingerprint density at radius 3 is 2.34 bits per heavy atom. The van der Waals surface area contributed by atoms with Crippen LogP contribution in [0.15, 0.2) is 0 Å². The number of imidazole rings is 1. The van der Waals surface area contributed by atoms with Crippen molar-refractivity contribution in [3.05, 3.63) is 11.6 Å². The highest BCUT2D eigenvalue weighted by molar-refractivity contribution is 5.84. The largest absolute Gasteiger partial charge is 0.427 e. The molecular formula is C29H45N7O2. The van der Waals surface area contributed by atoms with Crippen LogP contribution in [-0.4, -0.2) is 31.7 Å². The molecule has 3 atom stereocenters. The molecule has 2 unspecified atom stereocenters. The van der Waals surface area contributed by atoms with Gasteiger partial charge < -0.3 is 14.7 Å². The van der Waals surface area contributed by atoms with E-state index in [2.05, 4.69) is 41.5 Å². The van der Waals surface area contributed by atoms with Gasteiger partial charge in [0.15, 0.2) is 23.5 Å². The Morgan fingerprint density at radius 1 is 0.947 bits per heavy atom. The van der Waals surface area contributed by atoms with Gasteiger partial charge in [0.1, 0.15) is 11.3 Å². The maximum Gasteiger partial charge on any atom is 0.427 e. The summed E-state index contributed by atoms with van der Waals surface area (Å²) in [6, 6.07) is 0.315. The number of nitrogens with zero attached hydrogens (tertiary/aromatic N) is 4. The lowest BCUT2D eigenvalue weighted by Crippen LogP contribution is -2.32. The van der Waals surface area contributed by atoms with Crippen LogP contribution in [0.25, 0.3) is 11.2 Å². The third-order valence-corrected chi connectivity index (χ3v) is 10.0. The number of fused-ring (bicyclic) bond motifs is 1. The molecule has 4 fully saturated rings. The molecule has 0 radical (unpaired) electrons. The van der Waals surface area contributed by atoms with Crippen LogP contribution in [0.4, 0.5) is 10.6 Å². The number of amides is 1. The normalized spacial score (nSPS) is 28.5. The molecule has 9 nitrogen and oxygen atoms in total. The molecule has 1 saturated heterocycles. The Balaban J connectivity index is 1.43. The summed E-state index contributed by atoms with van der Waals surface area (Å²) in [5, 5.41) is 6.55. The summed E-state index contributed by atoms with van der Waals surface area (Å²) in [5.74, 6) is 5.67. The molecule has 1 amide bonds. The first-order chi connectivity index (χ1) is 18.5. The first kappa shape index (κ1) is 25.8. The molecule has 3 heterocycles. The van der Waals surface area contributed by atoms with Gasteiger partial charge in [-0.25, -0.2) is 19.7 Å². The Hall–Kier alpha value is -2.42. The minimum Gasteiger partial charge on any atom is -0.365 e. The molecule has 0 aromatic carbocycles. The molecular weight excluding hydrogens is 478 g/mol. The van der Waals surface area contributed by atoms with Gasteiger partial charge in [0.05, 0.1) is 0 Å². The van der Waals surface area contributed by atoms with E-state index in [-0.39, 0.29) is 0 Å². The van der Waals surface area contributed by atoms with Crippen molar-refractivity contribution < 1.29 is 9.63 Å². The summed E-state index contributed by atoms with van der Waals surface area (Å²) in [5.41, 5.74) is 4.48. The Kier molecular flexibility index (Phi) is 7.47. The average molecular weight is 524 g/mol. The Labute approximate surface area is 226 Å². The van der Waals surface area contributed by atoms with Crippen molar-refractivity contribution in [3.63, 3.8) is 0 Å². The third kappa shape index (κ3) is 5.23. The van der Waals surface area contributed by atoms with Crippen LogP contribution in [0.1, 0.15) is 122 Å². The molecule has 3 N–H and O–H groups in total. The monoisotopic (exact) mass is 523 g/mol. The Bertz CT molecular complexity index is 1130. The fourth-order valence-electron chi connectivity index (χ4n) is 7.13. The number of rotatable bonds is 8. The van der Waals surface area contributed by atoms with Crippen molar-refractivity contribution in [1.29, 1.82) is 0 Å². The van der Waals surface area contributed by atoms with E-state index in [0.29, 0.717) is 35.5 Å². The number of anilines is 1. The van der Waals surface area contributed by atoms with Gasteiger partial charge >= 0.3 is 6.09 Å². The highest BCUT2D eigenvalue weighted by Gasteiger charge is 2.33. The minimum absolute atomic E-state index is 0.315. The molecule has 0 spiro atoms. The maximum atomic E-state index is 11.8. The third-order valence-electron chi connectivity index (χ3n) is 10.0. The molecule has 3 aliphatic carbocycles. The van der Waals surface area contributed by atoms with Crippen molar-refractivity contribution in [2.75, 3.05) is 5.32 Å². The SMILES string of the molecule is CC1CCC(Cn2c(C(C)C3CCCCC3)nc3nc(C4NOC(=O)N4)nc(N[C@H](C)C4CCC4)c32)CC1. The van der Waals surface area contributed by atoms with Gasteiger partial charge in [0.25, 0.3) is 0 Å². The molecule has 4 aliphatic rings. The highest BCUT2D eigenvalue weighted by Crippen LogP contribution is 2.40. The first-order valence-electron chi connectivity index (χ1n) is 15.2. The van der Waals surface area contributed by atoms with Gasteiger partial charge in [-0.2, -0.15) is 0 Å². The fraction of sp³-hybridized carbons (Fsp3) is 0.793. The van der Waals surface area contributed by atoms with Crippen molar-refractivity contribution in [2.24, 2.45) is 23.7 Å². The van der Waals surface area contributed by atoms with Gasteiger partial charge in [-0.1, -0.05) is 52.4 Å². The van der Waals surface area contributed by atoms with Gasteiger partial charge in [-0.15, -0.1) is 5.48 Å². The van der Waals surface area contributed by atoms with E-state index in [9.17, 15) is 4.79 Å². The van der Waals surface area contributed by atoms with E-state index < -0.39 is 12.3 Å². The number of hydrogen-bond donors (Lipinski definition) is 3. The highest BCUT2D eigenvalue weighted by atomic mass is 16.7. The predicted octanol–water partition coefficient (Wildman–Crippen LogP) is 6.18. The molecule has 2 aromatic rings. The number of hydrogen-bond acceptors (Lipinski definition) is 7. The van der Waals surface area contributed by atoms with Gasteiger partial charge in [0, 0.05) is 18.5 Å². The molecule has 9 heteroatoms. The topological polar surface area (TPSA) is 106 Å². The van der Waals surface area contributed by atoms with Crippen LogP contribution in [0, 0.1) is 23.7 Å². The first-order valence-corrected chi connectivity index (χ1v) is 15.2. The van der Waals surface area contributed by atoms with Crippen LogP contribution in [0.5, 0.6) is 0 Å². The number of hydroxylamine groups is 1. The quantitative estimate of drug-likeness (QED) is 0.379. The number of carbonyl (C=O) groups excluding carboxylic acids is 1. The second-order valence-corrected chi connectivity index (χ2v) is 12.7. The van der Waals surface area contributed by atoms with Crippen molar-refractivity contribution >= 4 is 23.1 Å². The summed E-state index contributed by atoms with van der Waals surface area (Å²) >= 11 is 0. The van der Waals surface area contributed by atoms with Crippen LogP contribution in [0.2, 0.25) is 0 Å². The zero-order valence-electron chi connectivity index (χ0n) is 23.3. The van der Waals surface area contributed by atoms with Crippen LogP contribution in [-0.2, 0) is 11.4 Å². The second kappa shape index (κ2) is 11.0. The maximum absolute atomic E-state index is 11.8. The summed E-state index contributed by atoms with van der Waals surface area (Å²) < 4.78 is 2.49. The summed E-state index contributed by atoms with van der Waals surface area (Å²) in [4.78, 5) is 31.9. The molecule has 6 rings (SSSR count). The predicted molar refractivity (Wildman–Crippen MR) is 147 cm³/mol. The smallest absolute Gasteiger partial charge is 0.365 e. The lowest BCUT2D eigenvalue weighted by atomic mass is 9.80. The number of carbonyl (C=O) groups is 1. The zero-order valence-corrected chi connectivity index (χ0v) is 23.3. The average Bonchev–Trinajstić information content (AvgIpc) is 3.48. The summed E-state index contributed by atoms with van der Waals surface area (Å²) in [7, 11) is 0. The molecule has 38 heavy (non-hydrogen) atoms. The van der Waals surface area contributed by atoms with E-state index >= 15 is 0 Å². The van der Waals surface area contributed by atoms with Crippen LogP contribution >= 0.6 is 0 Å². The van der Waals surface area contributed by atoms with Crippen molar-refractivity contribution in [2.45, 2.75) is 122 Å². The summed E-state index contributed by atoms with van der Waals surface area (Å²) in [6.07, 6.45) is 14.4. The van der Waals surface area contributed by atoms with E-state index in [0.717, 1.165) is 35.3 Å². The van der Waals surface area contributed by atoms with E-state index in [4.69, 9.17) is 19.8 Å². The fourth-order valence-corrected chi connectivity index (χ4v) is 7.13. The standard InChI is InChI=1S/C29H45N7O2/c1-17-12-14-20(15-13-17)16-36-23-24(30-19(3)22-10-7-11-22)31-26(27-34-29(37)38-35-27)32-25(23)33-28(36)18(2)21-8-5-4-6-9-21/h17-22,27,35H,4-16H2,1-3H3,(H,34,37)(H,30,31,32)/t17?,18?,19-,20?,27?/m1/s1. The van der Waals surface area contributed by atoms with Gasteiger partial charge in [-0.05, 0) is 69.1 Å². The van der Waals surface area contributed by atoms with Crippen LogP contribution < -0.4 is 16.1 Å². The second-order valence-electron chi connectivity index (χ2n) is 12.7. The molecule has 2 aromatic heterocycles. The van der Waals surface area contributed by atoms with E-state index in [1.165, 1.54) is 77.0 Å². The zero-order chi connectivity index (χ0) is 26.2. The molecule has 0 bridgehead atoms. The molecule has 1 aliphatic heterocycles. The minimum atomic E-state index is -0.587. The molecule has 3 saturated carbocycles. The lowest BCUT2D eigenvalue weighted by Gasteiger charge is -2.33. The molecule has 208 valence electrons. The lowest BCUT2D eigenvalue weighted by molar-refractivity contribution is 0.120. The number of aromatic nitrogens is 4. The Morgan fingerprint density at radius 2 is 1.68 bits per heavy atom. The van der Waals surface area contributed by atoms with E-state index in [1.807, 2.05) is 0 Å².